The van der Waals surface area contributed by atoms with Gasteiger partial charge in [-0.15, -0.1) is 0 Å². The number of likely N-dealkylation sites (N-methyl/N-ethyl adjacent to an activating group) is 2. The lowest BCUT2D eigenvalue weighted by atomic mass is 9.80. The van der Waals surface area contributed by atoms with Crippen LogP contribution < -0.4 is 9.80 Å². The summed E-state index contributed by atoms with van der Waals surface area (Å²) in [6.45, 7) is 17.2. The Morgan fingerprint density at radius 1 is 0.446 bits per heavy atom. The van der Waals surface area contributed by atoms with Crippen molar-refractivity contribution in [3.8, 4) is 0 Å². The first-order valence-electron chi connectivity index (χ1n) is 21.3. The molecular weight excluding hydrogens is 701 g/mol. The number of nitrogens with zero attached hydrogens (tertiary/aromatic N) is 6. The molecule has 4 aliphatic rings. The van der Waals surface area contributed by atoms with Crippen LogP contribution in [0.4, 0.5) is 11.4 Å². The third-order valence-electron chi connectivity index (χ3n) is 13.4. The molecule has 2 fully saturated rings. The van der Waals surface area contributed by atoms with Crippen LogP contribution >= 0.6 is 0 Å². The van der Waals surface area contributed by atoms with E-state index < -0.39 is 0 Å². The van der Waals surface area contributed by atoms with Crippen LogP contribution in [0.15, 0.2) is 36.4 Å². The number of piperidine rings is 2. The number of carbonyl (C=O) groups excluding carboxylic acids is 4. The van der Waals surface area contributed by atoms with Gasteiger partial charge in [0.1, 0.15) is 0 Å². The Morgan fingerprint density at radius 3 is 1.16 bits per heavy atom. The van der Waals surface area contributed by atoms with Crippen LogP contribution in [0.5, 0.6) is 0 Å². The van der Waals surface area contributed by atoms with E-state index in [0.717, 1.165) is 145 Å². The van der Waals surface area contributed by atoms with Crippen molar-refractivity contribution in [3.05, 3.63) is 58.7 Å². The number of benzene rings is 5. The standard InChI is InChI=1S/C46H54N6O4/c1-5-47(6-2)23-25-51-43(53)31-17-15-29-40-36(50-21-13-10-14-22-50)28-34-38-32(44(54)52(46(34)56)26-24-48(7-3)8-4)18-16-30(42(38)40)39-35(49-19-11-9-12-20-49)27-33(45(51)55)37(31)41(29)39/h15-18,27-28H,5-14,19-26H2,1-4H3. The first-order chi connectivity index (χ1) is 27.3. The maximum atomic E-state index is 14.7. The molecule has 0 N–H and O–H groups in total. The highest BCUT2D eigenvalue weighted by Crippen LogP contribution is 2.52. The largest absolute Gasteiger partial charge is 0.371 e. The molecule has 292 valence electrons. The van der Waals surface area contributed by atoms with Gasteiger partial charge in [-0.05, 0) is 99.7 Å². The number of imide groups is 2. The number of carbonyl (C=O) groups is 4. The van der Waals surface area contributed by atoms with Crippen molar-refractivity contribution in [3.63, 3.8) is 0 Å². The molecule has 0 atom stereocenters. The highest BCUT2D eigenvalue weighted by atomic mass is 16.2. The molecule has 0 unspecified atom stereocenters. The lowest BCUT2D eigenvalue weighted by molar-refractivity contribution is 0.0579. The summed E-state index contributed by atoms with van der Waals surface area (Å²) in [7, 11) is 0. The van der Waals surface area contributed by atoms with Gasteiger partial charge in [0.15, 0.2) is 0 Å². The third kappa shape index (κ3) is 5.57. The molecular formula is C46H54N6O4. The van der Waals surface area contributed by atoms with Crippen molar-refractivity contribution in [2.75, 3.05) is 88.3 Å². The van der Waals surface area contributed by atoms with Crippen molar-refractivity contribution >= 4 is 78.1 Å². The third-order valence-corrected chi connectivity index (χ3v) is 13.4. The molecule has 10 nitrogen and oxygen atoms in total. The molecule has 0 aliphatic carbocycles. The van der Waals surface area contributed by atoms with E-state index >= 15 is 0 Å². The van der Waals surface area contributed by atoms with Gasteiger partial charge in [0.2, 0.25) is 0 Å². The minimum Gasteiger partial charge on any atom is -0.371 e. The fourth-order valence-corrected chi connectivity index (χ4v) is 10.3. The molecule has 0 aromatic heterocycles. The molecule has 5 aromatic rings. The Morgan fingerprint density at radius 2 is 0.804 bits per heavy atom. The van der Waals surface area contributed by atoms with E-state index in [1.165, 1.54) is 9.80 Å². The summed E-state index contributed by atoms with van der Waals surface area (Å²) in [6.07, 6.45) is 6.55. The number of amides is 4. The van der Waals surface area contributed by atoms with Gasteiger partial charge in [0, 0.05) is 107 Å². The highest BCUT2D eigenvalue weighted by molar-refractivity contribution is 6.44. The molecule has 4 heterocycles. The fourth-order valence-electron chi connectivity index (χ4n) is 10.3. The SMILES string of the molecule is CCN(CC)CCN1C(=O)c2ccc3c4c(N5CCCCC5)cc5c6c(ccc(c7c(N8CCCCC8)cc(c2c37)C1=O)c64)C(=O)N(CCN(CC)CC)C5=O. The molecule has 0 spiro atoms. The van der Waals surface area contributed by atoms with Crippen molar-refractivity contribution in [2.45, 2.75) is 66.2 Å². The van der Waals surface area contributed by atoms with Gasteiger partial charge < -0.3 is 19.6 Å². The second-order valence-electron chi connectivity index (χ2n) is 16.1. The maximum Gasteiger partial charge on any atom is 0.261 e. The zero-order chi connectivity index (χ0) is 38.8. The summed E-state index contributed by atoms with van der Waals surface area (Å²) < 4.78 is 0. The molecule has 56 heavy (non-hydrogen) atoms. The number of hydrogen-bond acceptors (Lipinski definition) is 8. The van der Waals surface area contributed by atoms with Crippen LogP contribution in [0.3, 0.4) is 0 Å². The average molecular weight is 755 g/mol. The number of anilines is 2. The Labute approximate surface area is 329 Å². The summed E-state index contributed by atoms with van der Waals surface area (Å²) in [6, 6.07) is 12.2. The van der Waals surface area contributed by atoms with Gasteiger partial charge in [-0.2, -0.15) is 0 Å². The molecule has 0 radical (unpaired) electrons. The molecule has 10 heteroatoms. The van der Waals surface area contributed by atoms with E-state index in [0.29, 0.717) is 48.4 Å². The van der Waals surface area contributed by atoms with Crippen molar-refractivity contribution < 1.29 is 19.2 Å². The van der Waals surface area contributed by atoms with E-state index in [9.17, 15) is 19.2 Å². The zero-order valence-corrected chi connectivity index (χ0v) is 33.5. The molecule has 9 rings (SSSR count). The van der Waals surface area contributed by atoms with Crippen molar-refractivity contribution in [1.82, 2.24) is 19.6 Å². The van der Waals surface area contributed by atoms with Crippen LogP contribution in [0.1, 0.15) is 108 Å². The van der Waals surface area contributed by atoms with Gasteiger partial charge in [-0.3, -0.25) is 29.0 Å². The van der Waals surface area contributed by atoms with Crippen LogP contribution in [0.25, 0.3) is 43.1 Å². The zero-order valence-electron chi connectivity index (χ0n) is 33.5. The highest BCUT2D eigenvalue weighted by Gasteiger charge is 2.39. The summed E-state index contributed by atoms with van der Waals surface area (Å²) in [5, 5.41) is 7.28. The van der Waals surface area contributed by atoms with Crippen LogP contribution in [-0.4, -0.2) is 122 Å². The number of rotatable bonds is 12. The second-order valence-corrected chi connectivity index (χ2v) is 16.1. The summed E-state index contributed by atoms with van der Waals surface area (Å²) >= 11 is 0. The van der Waals surface area contributed by atoms with Gasteiger partial charge in [-0.25, -0.2) is 0 Å². The van der Waals surface area contributed by atoms with Crippen LogP contribution in [-0.2, 0) is 0 Å². The fraction of sp³-hybridized carbons (Fsp3) is 0.478. The molecule has 4 amide bonds. The normalized spacial score (nSPS) is 17.8. The van der Waals surface area contributed by atoms with Crippen LogP contribution in [0.2, 0.25) is 0 Å². The minimum atomic E-state index is -0.244. The maximum absolute atomic E-state index is 14.7. The van der Waals surface area contributed by atoms with E-state index in [-0.39, 0.29) is 23.6 Å². The van der Waals surface area contributed by atoms with Crippen molar-refractivity contribution in [2.24, 2.45) is 0 Å². The van der Waals surface area contributed by atoms with Gasteiger partial charge in [0.25, 0.3) is 23.6 Å². The minimum absolute atomic E-state index is 0.232. The van der Waals surface area contributed by atoms with Gasteiger partial charge in [-0.1, -0.05) is 39.8 Å². The van der Waals surface area contributed by atoms with E-state index in [1.54, 1.807) is 0 Å². The Bertz CT molecular complexity index is 2230. The molecule has 5 aromatic carbocycles. The van der Waals surface area contributed by atoms with E-state index in [4.69, 9.17) is 0 Å². The lowest BCUT2D eigenvalue weighted by Crippen LogP contribution is -2.45. The average Bonchev–Trinajstić information content (AvgIpc) is 3.24. The topological polar surface area (TPSA) is 87.7 Å². The Kier molecular flexibility index (Phi) is 9.60. The smallest absolute Gasteiger partial charge is 0.261 e. The van der Waals surface area contributed by atoms with E-state index in [1.807, 2.05) is 12.1 Å². The van der Waals surface area contributed by atoms with Crippen molar-refractivity contribution in [1.29, 1.82) is 0 Å². The first-order valence-corrected chi connectivity index (χ1v) is 21.3. The predicted molar refractivity (Wildman–Crippen MR) is 226 cm³/mol. The number of hydrogen-bond donors (Lipinski definition) is 0. The quantitative estimate of drug-likeness (QED) is 0.0732. The molecule has 0 bridgehead atoms. The summed E-state index contributed by atoms with van der Waals surface area (Å²) in [5.41, 5.74) is 4.29. The monoisotopic (exact) mass is 754 g/mol. The molecule has 4 aliphatic heterocycles. The number of fused-ring (bicyclic) bond motifs is 2. The van der Waals surface area contributed by atoms with Gasteiger partial charge >= 0.3 is 0 Å². The van der Waals surface area contributed by atoms with Gasteiger partial charge in [0.05, 0.1) is 11.1 Å². The first kappa shape index (κ1) is 36.8. The molecule has 2 saturated heterocycles. The lowest BCUT2D eigenvalue weighted by Gasteiger charge is -2.36. The second kappa shape index (κ2) is 14.6. The molecule has 0 saturated carbocycles. The summed E-state index contributed by atoms with van der Waals surface area (Å²) in [5.74, 6) is -0.952. The summed E-state index contributed by atoms with van der Waals surface area (Å²) in [4.78, 5) is 70.4. The van der Waals surface area contributed by atoms with E-state index in [2.05, 4.69) is 71.6 Å². The van der Waals surface area contributed by atoms with Crippen LogP contribution in [0, 0.1) is 0 Å². The Balaban J connectivity index is 1.35. The predicted octanol–water partition coefficient (Wildman–Crippen LogP) is 7.59. The Hall–Kier alpha value is -4.80.